The summed E-state index contributed by atoms with van der Waals surface area (Å²) in [4.78, 5) is 0. The first-order chi connectivity index (χ1) is 8.52. The van der Waals surface area contributed by atoms with E-state index in [1.807, 2.05) is 23.9 Å². The molecule has 1 aliphatic rings. The van der Waals surface area contributed by atoms with Crippen molar-refractivity contribution in [1.29, 1.82) is 0 Å². The number of hydrogen-bond donors (Lipinski definition) is 1. The number of thioether (sulfide) groups is 1. The molecule has 100 valence electrons. The predicted octanol–water partition coefficient (Wildman–Crippen LogP) is 4.01. The summed E-state index contributed by atoms with van der Waals surface area (Å²) in [6.07, 6.45) is 4.72. The molecule has 1 N–H and O–H groups in total. The van der Waals surface area contributed by atoms with E-state index in [9.17, 15) is 4.39 Å². The van der Waals surface area contributed by atoms with Crippen LogP contribution in [0.1, 0.15) is 38.3 Å². The van der Waals surface area contributed by atoms with E-state index >= 15 is 0 Å². The first-order valence-corrected chi connectivity index (χ1v) is 7.78. The lowest BCUT2D eigenvalue weighted by Gasteiger charge is -2.27. The summed E-state index contributed by atoms with van der Waals surface area (Å²) < 4.78 is 13.2. The van der Waals surface area contributed by atoms with E-state index in [2.05, 4.69) is 25.4 Å². The second kappa shape index (κ2) is 5.62. The normalized spacial score (nSPS) is 17.8. The number of nitrogens with one attached hydrogen (secondary N) is 1. The predicted molar refractivity (Wildman–Crippen MR) is 77.5 cm³/mol. The van der Waals surface area contributed by atoms with E-state index in [0.717, 1.165) is 12.5 Å². The van der Waals surface area contributed by atoms with Crippen LogP contribution >= 0.6 is 11.8 Å². The fourth-order valence-electron chi connectivity index (χ4n) is 2.08. The van der Waals surface area contributed by atoms with Crippen LogP contribution in [0.2, 0.25) is 0 Å². The van der Waals surface area contributed by atoms with Crippen LogP contribution in [0, 0.1) is 11.7 Å². The van der Waals surface area contributed by atoms with Crippen LogP contribution in [0.3, 0.4) is 0 Å². The average Bonchev–Trinajstić information content (AvgIpc) is 3.16. The summed E-state index contributed by atoms with van der Waals surface area (Å²) in [6.45, 7) is 5.48. The van der Waals surface area contributed by atoms with Crippen molar-refractivity contribution >= 4 is 11.8 Å². The third-order valence-corrected chi connectivity index (χ3v) is 4.87. The monoisotopic (exact) mass is 267 g/mol. The molecule has 1 atom stereocenters. The minimum Gasteiger partial charge on any atom is -0.308 e. The molecule has 1 aromatic rings. The first-order valence-electron chi connectivity index (χ1n) is 6.56. The van der Waals surface area contributed by atoms with Gasteiger partial charge in [-0.05, 0) is 56.6 Å². The molecule has 0 radical (unpaired) electrons. The summed E-state index contributed by atoms with van der Waals surface area (Å²) in [5.41, 5.74) is 1.22. The summed E-state index contributed by atoms with van der Waals surface area (Å²) in [7, 11) is 0. The van der Waals surface area contributed by atoms with E-state index in [1.165, 1.54) is 18.4 Å². The van der Waals surface area contributed by atoms with Crippen LogP contribution < -0.4 is 5.32 Å². The number of rotatable bonds is 6. The molecule has 18 heavy (non-hydrogen) atoms. The van der Waals surface area contributed by atoms with Gasteiger partial charge in [0.1, 0.15) is 5.82 Å². The van der Waals surface area contributed by atoms with Crippen molar-refractivity contribution in [2.75, 3.05) is 12.8 Å². The van der Waals surface area contributed by atoms with Crippen molar-refractivity contribution in [1.82, 2.24) is 5.32 Å². The van der Waals surface area contributed by atoms with Gasteiger partial charge in [0.05, 0.1) is 0 Å². The lowest BCUT2D eigenvalue weighted by molar-refractivity contribution is 0.454. The summed E-state index contributed by atoms with van der Waals surface area (Å²) in [5.74, 6) is 0.575. The van der Waals surface area contributed by atoms with Crippen molar-refractivity contribution in [2.45, 2.75) is 37.5 Å². The van der Waals surface area contributed by atoms with Crippen LogP contribution in [0.15, 0.2) is 24.3 Å². The quantitative estimate of drug-likeness (QED) is 0.836. The third kappa shape index (κ3) is 3.72. The molecule has 0 heterocycles. The highest BCUT2D eigenvalue weighted by atomic mass is 32.2. The molecule has 2 rings (SSSR count). The van der Waals surface area contributed by atoms with Crippen molar-refractivity contribution in [3.63, 3.8) is 0 Å². The van der Waals surface area contributed by atoms with Gasteiger partial charge in [0, 0.05) is 17.3 Å². The summed E-state index contributed by atoms with van der Waals surface area (Å²) >= 11 is 1.88. The highest BCUT2D eigenvalue weighted by molar-refractivity contribution is 7.99. The van der Waals surface area contributed by atoms with Crippen LogP contribution in [0.25, 0.3) is 0 Å². The molecule has 1 nitrogen and oxygen atoms in total. The molecule has 0 bridgehead atoms. The smallest absolute Gasteiger partial charge is 0.123 e. The Morgan fingerprint density at radius 1 is 1.33 bits per heavy atom. The maximum absolute atomic E-state index is 13.0. The Labute approximate surface area is 114 Å². The SMILES string of the molecule is CSC(C)(C)CNC(c1ccc(F)cc1)C1CC1. The van der Waals surface area contributed by atoms with Gasteiger partial charge in [0.2, 0.25) is 0 Å². The molecule has 1 aliphatic carbocycles. The molecule has 0 amide bonds. The van der Waals surface area contributed by atoms with Gasteiger partial charge in [-0.25, -0.2) is 4.39 Å². The second-order valence-corrected chi connectivity index (χ2v) is 7.22. The minimum atomic E-state index is -0.155. The van der Waals surface area contributed by atoms with Crippen LogP contribution in [-0.4, -0.2) is 17.5 Å². The van der Waals surface area contributed by atoms with Crippen molar-refractivity contribution in [3.05, 3.63) is 35.6 Å². The van der Waals surface area contributed by atoms with Gasteiger partial charge in [-0.1, -0.05) is 12.1 Å². The van der Waals surface area contributed by atoms with Gasteiger partial charge in [-0.3, -0.25) is 0 Å². The standard InChI is InChI=1S/C15H22FNS/c1-15(2,18-3)10-17-14(11-4-5-11)12-6-8-13(16)9-7-12/h6-9,11,14,17H,4-5,10H2,1-3H3. The number of benzene rings is 1. The largest absolute Gasteiger partial charge is 0.308 e. The van der Waals surface area contributed by atoms with Gasteiger partial charge in [0.25, 0.3) is 0 Å². The Morgan fingerprint density at radius 3 is 2.44 bits per heavy atom. The fourth-order valence-corrected chi connectivity index (χ4v) is 2.31. The molecular weight excluding hydrogens is 245 g/mol. The van der Waals surface area contributed by atoms with Crippen molar-refractivity contribution in [2.24, 2.45) is 5.92 Å². The van der Waals surface area contributed by atoms with Crippen molar-refractivity contribution in [3.8, 4) is 0 Å². The average molecular weight is 267 g/mol. The lowest BCUT2D eigenvalue weighted by Crippen LogP contribution is -2.35. The van der Waals surface area contributed by atoms with Gasteiger partial charge >= 0.3 is 0 Å². The van der Waals surface area contributed by atoms with Gasteiger partial charge in [-0.15, -0.1) is 0 Å². The lowest BCUT2D eigenvalue weighted by atomic mass is 10.0. The molecule has 1 unspecified atom stereocenters. The topological polar surface area (TPSA) is 12.0 Å². The third-order valence-electron chi connectivity index (χ3n) is 3.62. The Morgan fingerprint density at radius 2 is 1.94 bits per heavy atom. The number of halogens is 1. The van der Waals surface area contributed by atoms with Crippen LogP contribution in [-0.2, 0) is 0 Å². The van der Waals surface area contributed by atoms with E-state index in [-0.39, 0.29) is 10.6 Å². The molecule has 1 saturated carbocycles. The fraction of sp³-hybridized carbons (Fsp3) is 0.600. The minimum absolute atomic E-state index is 0.155. The summed E-state index contributed by atoms with van der Waals surface area (Å²) in [5, 5.41) is 3.67. The zero-order valence-electron chi connectivity index (χ0n) is 11.4. The molecule has 1 fully saturated rings. The molecular formula is C15H22FNS. The molecule has 0 aliphatic heterocycles. The molecule has 0 spiro atoms. The number of hydrogen-bond acceptors (Lipinski definition) is 2. The van der Waals surface area contributed by atoms with Crippen molar-refractivity contribution < 1.29 is 4.39 Å². The Kier molecular flexibility index (Phi) is 4.33. The molecule has 0 aromatic heterocycles. The van der Waals surface area contributed by atoms with E-state index in [1.54, 1.807) is 12.1 Å². The second-order valence-electron chi connectivity index (χ2n) is 5.71. The molecule has 0 saturated heterocycles. The Hall–Kier alpha value is -0.540. The highest BCUT2D eigenvalue weighted by Gasteiger charge is 2.33. The Bertz CT molecular complexity index is 384. The maximum Gasteiger partial charge on any atom is 0.123 e. The maximum atomic E-state index is 13.0. The summed E-state index contributed by atoms with van der Waals surface area (Å²) in [6, 6.07) is 7.34. The zero-order valence-corrected chi connectivity index (χ0v) is 12.2. The molecule has 3 heteroatoms. The van der Waals surface area contributed by atoms with E-state index in [4.69, 9.17) is 0 Å². The van der Waals surface area contributed by atoms with Gasteiger partial charge in [0.15, 0.2) is 0 Å². The van der Waals surface area contributed by atoms with Gasteiger partial charge < -0.3 is 5.32 Å². The van der Waals surface area contributed by atoms with Gasteiger partial charge in [-0.2, -0.15) is 11.8 Å². The highest BCUT2D eigenvalue weighted by Crippen LogP contribution is 2.41. The van der Waals surface area contributed by atoms with Crippen LogP contribution in [0.4, 0.5) is 4.39 Å². The van der Waals surface area contributed by atoms with E-state index < -0.39 is 0 Å². The zero-order chi connectivity index (χ0) is 13.2. The first kappa shape index (κ1) is 13.9. The molecule has 1 aromatic carbocycles. The van der Waals surface area contributed by atoms with E-state index in [0.29, 0.717) is 6.04 Å². The Balaban J connectivity index is 2.02. The van der Waals surface area contributed by atoms with Crippen LogP contribution in [0.5, 0.6) is 0 Å².